The fourth-order valence-electron chi connectivity index (χ4n) is 2.27. The van der Waals surface area contributed by atoms with E-state index in [9.17, 15) is 4.79 Å². The van der Waals surface area contributed by atoms with Gasteiger partial charge in [0.15, 0.2) is 0 Å². The van der Waals surface area contributed by atoms with Crippen LogP contribution in [0.2, 0.25) is 0 Å². The van der Waals surface area contributed by atoms with Crippen molar-refractivity contribution in [3.63, 3.8) is 0 Å². The average Bonchev–Trinajstić information content (AvgIpc) is 2.69. The van der Waals surface area contributed by atoms with E-state index in [1.165, 1.54) is 0 Å². The van der Waals surface area contributed by atoms with Crippen molar-refractivity contribution >= 4 is 23.1 Å². The molecule has 0 bridgehead atoms. The van der Waals surface area contributed by atoms with E-state index < -0.39 is 0 Å². The van der Waals surface area contributed by atoms with E-state index in [-0.39, 0.29) is 11.3 Å². The summed E-state index contributed by atoms with van der Waals surface area (Å²) in [6.07, 6.45) is 1.05. The summed E-state index contributed by atoms with van der Waals surface area (Å²) in [6.45, 7) is 6.00. The molecule has 1 aromatic carbocycles. The Morgan fingerprint density at radius 2 is 2.06 bits per heavy atom. The predicted molar refractivity (Wildman–Crippen MR) is 76.6 cm³/mol. The molecular weight excluding hydrogens is 244 g/mol. The zero-order valence-electron chi connectivity index (χ0n) is 10.8. The van der Waals surface area contributed by atoms with Gasteiger partial charge in [-0.2, -0.15) is 0 Å². The number of hydrogen-bond donors (Lipinski definition) is 1. The van der Waals surface area contributed by atoms with Crippen molar-refractivity contribution in [1.82, 2.24) is 4.90 Å². The Kier molecular flexibility index (Phi) is 3.39. The maximum absolute atomic E-state index is 12.4. The second-order valence-corrected chi connectivity index (χ2v) is 6.03. The lowest BCUT2D eigenvalue weighted by Gasteiger charge is -2.20. The number of rotatable bonds is 2. The Bertz CT molecular complexity index is 496. The zero-order chi connectivity index (χ0) is 13.3. The van der Waals surface area contributed by atoms with Gasteiger partial charge in [0.25, 0.3) is 5.91 Å². The molecule has 18 heavy (non-hydrogen) atoms. The number of amides is 1. The molecule has 1 aliphatic rings. The number of carbonyl (C=O) groups excluding carboxylic acids is 1. The largest absolute Gasteiger partial charge is 0.389 e. The standard InChI is InChI=1S/C14H18N2OS/c1-14(2)6-7-16(9-14)13(17)11-5-3-4-10(8-11)12(15)18/h3-5,8H,6-7,9H2,1-2H3,(H2,15,18). The SMILES string of the molecule is CC1(C)CCN(C(=O)c2cccc(C(N)=S)c2)C1. The predicted octanol–water partition coefficient (Wildman–Crippen LogP) is 2.19. The monoisotopic (exact) mass is 262 g/mol. The van der Waals surface area contributed by atoms with Gasteiger partial charge in [0.05, 0.1) is 0 Å². The number of nitrogens with two attached hydrogens (primary N) is 1. The van der Waals surface area contributed by atoms with Crippen LogP contribution in [0.15, 0.2) is 24.3 Å². The highest BCUT2D eigenvalue weighted by molar-refractivity contribution is 7.80. The summed E-state index contributed by atoms with van der Waals surface area (Å²) in [5.74, 6) is 0.0682. The van der Waals surface area contributed by atoms with Crippen LogP contribution in [0.25, 0.3) is 0 Å². The van der Waals surface area contributed by atoms with Crippen LogP contribution in [-0.2, 0) is 0 Å². The number of thiocarbonyl (C=S) groups is 1. The number of hydrogen-bond acceptors (Lipinski definition) is 2. The Labute approximate surface area is 113 Å². The van der Waals surface area contributed by atoms with Crippen molar-refractivity contribution in [2.75, 3.05) is 13.1 Å². The second kappa shape index (κ2) is 4.69. The molecule has 0 saturated carbocycles. The minimum absolute atomic E-state index is 0.0682. The molecule has 0 aliphatic carbocycles. The second-order valence-electron chi connectivity index (χ2n) is 5.59. The summed E-state index contributed by atoms with van der Waals surface area (Å²) >= 11 is 4.93. The van der Waals surface area contributed by atoms with Crippen molar-refractivity contribution in [3.8, 4) is 0 Å². The van der Waals surface area contributed by atoms with Crippen molar-refractivity contribution in [3.05, 3.63) is 35.4 Å². The minimum atomic E-state index is 0.0682. The van der Waals surface area contributed by atoms with Crippen LogP contribution < -0.4 is 5.73 Å². The van der Waals surface area contributed by atoms with Crippen molar-refractivity contribution < 1.29 is 4.79 Å². The van der Waals surface area contributed by atoms with Gasteiger partial charge in [0.2, 0.25) is 0 Å². The van der Waals surface area contributed by atoms with Crippen molar-refractivity contribution in [1.29, 1.82) is 0 Å². The van der Waals surface area contributed by atoms with Gasteiger partial charge in [0, 0.05) is 24.2 Å². The van der Waals surface area contributed by atoms with Gasteiger partial charge in [-0.25, -0.2) is 0 Å². The van der Waals surface area contributed by atoms with E-state index >= 15 is 0 Å². The van der Waals surface area contributed by atoms with Gasteiger partial charge in [-0.15, -0.1) is 0 Å². The Morgan fingerprint density at radius 1 is 1.39 bits per heavy atom. The highest BCUT2D eigenvalue weighted by Gasteiger charge is 2.32. The molecule has 4 heteroatoms. The summed E-state index contributed by atoms with van der Waals surface area (Å²) in [5.41, 5.74) is 7.21. The first-order valence-electron chi connectivity index (χ1n) is 6.08. The summed E-state index contributed by atoms with van der Waals surface area (Å²) in [5, 5.41) is 0. The molecule has 1 aromatic rings. The zero-order valence-corrected chi connectivity index (χ0v) is 11.6. The third kappa shape index (κ3) is 2.70. The number of carbonyl (C=O) groups is 1. The molecule has 0 atom stereocenters. The third-order valence-corrected chi connectivity index (χ3v) is 3.59. The van der Waals surface area contributed by atoms with Crippen LogP contribution in [0.3, 0.4) is 0 Å². The third-order valence-electron chi connectivity index (χ3n) is 3.36. The average molecular weight is 262 g/mol. The summed E-state index contributed by atoms with van der Waals surface area (Å²) in [6, 6.07) is 7.24. The summed E-state index contributed by atoms with van der Waals surface area (Å²) in [4.78, 5) is 14.6. The Morgan fingerprint density at radius 3 is 2.61 bits per heavy atom. The van der Waals surface area contributed by atoms with Crippen LogP contribution in [0.4, 0.5) is 0 Å². The van der Waals surface area contributed by atoms with E-state index in [2.05, 4.69) is 13.8 Å². The maximum Gasteiger partial charge on any atom is 0.253 e. The fraction of sp³-hybridized carbons (Fsp3) is 0.429. The first-order valence-corrected chi connectivity index (χ1v) is 6.49. The minimum Gasteiger partial charge on any atom is -0.389 e. The number of benzene rings is 1. The van der Waals surface area contributed by atoms with Crippen LogP contribution >= 0.6 is 12.2 Å². The van der Waals surface area contributed by atoms with E-state index in [1.54, 1.807) is 6.07 Å². The number of likely N-dealkylation sites (tertiary alicyclic amines) is 1. The highest BCUT2D eigenvalue weighted by atomic mass is 32.1. The highest BCUT2D eigenvalue weighted by Crippen LogP contribution is 2.29. The molecule has 3 nitrogen and oxygen atoms in total. The van der Waals surface area contributed by atoms with Crippen LogP contribution in [0.5, 0.6) is 0 Å². The molecule has 1 saturated heterocycles. The molecule has 1 fully saturated rings. The molecule has 1 amide bonds. The van der Waals surface area contributed by atoms with E-state index in [4.69, 9.17) is 18.0 Å². The van der Waals surface area contributed by atoms with Gasteiger partial charge in [-0.1, -0.05) is 38.2 Å². The van der Waals surface area contributed by atoms with E-state index in [1.807, 2.05) is 23.1 Å². The van der Waals surface area contributed by atoms with Crippen LogP contribution in [-0.4, -0.2) is 28.9 Å². The Balaban J connectivity index is 2.19. The molecular formula is C14H18N2OS. The lowest BCUT2D eigenvalue weighted by atomic mass is 9.93. The van der Waals surface area contributed by atoms with Gasteiger partial charge < -0.3 is 10.6 Å². The molecule has 96 valence electrons. The van der Waals surface area contributed by atoms with Crippen LogP contribution in [0.1, 0.15) is 36.2 Å². The first kappa shape index (κ1) is 13.0. The van der Waals surface area contributed by atoms with Gasteiger partial charge in [-0.3, -0.25) is 4.79 Å². The molecule has 2 N–H and O–H groups in total. The quantitative estimate of drug-likeness (QED) is 0.831. The summed E-state index contributed by atoms with van der Waals surface area (Å²) < 4.78 is 0. The smallest absolute Gasteiger partial charge is 0.253 e. The Hall–Kier alpha value is -1.42. The molecule has 0 spiro atoms. The van der Waals surface area contributed by atoms with Gasteiger partial charge in [-0.05, 0) is 24.0 Å². The van der Waals surface area contributed by atoms with Crippen LogP contribution in [0, 0.1) is 5.41 Å². The first-order chi connectivity index (χ1) is 8.39. The van der Waals surface area contributed by atoms with Gasteiger partial charge in [0.1, 0.15) is 4.99 Å². The lowest BCUT2D eigenvalue weighted by molar-refractivity contribution is 0.0778. The molecule has 0 radical (unpaired) electrons. The van der Waals surface area contributed by atoms with Crippen molar-refractivity contribution in [2.24, 2.45) is 11.1 Å². The fourth-order valence-corrected chi connectivity index (χ4v) is 2.40. The van der Waals surface area contributed by atoms with E-state index in [0.29, 0.717) is 10.6 Å². The molecule has 2 rings (SSSR count). The summed E-state index contributed by atoms with van der Waals surface area (Å²) in [7, 11) is 0. The molecule has 1 aliphatic heterocycles. The topological polar surface area (TPSA) is 46.3 Å². The molecule has 0 unspecified atom stereocenters. The van der Waals surface area contributed by atoms with Gasteiger partial charge >= 0.3 is 0 Å². The molecule has 0 aromatic heterocycles. The van der Waals surface area contributed by atoms with Crippen molar-refractivity contribution in [2.45, 2.75) is 20.3 Å². The van der Waals surface area contributed by atoms with E-state index in [0.717, 1.165) is 25.1 Å². The molecule has 1 heterocycles. The normalized spacial score (nSPS) is 17.8. The maximum atomic E-state index is 12.4. The number of nitrogens with zero attached hydrogens (tertiary/aromatic N) is 1. The lowest BCUT2D eigenvalue weighted by Crippen LogP contribution is -2.30.